The number of nitrogens with zero attached hydrogens (tertiary/aromatic N) is 2. The molecule has 0 aliphatic rings. The zero-order valence-corrected chi connectivity index (χ0v) is 13.8. The number of hydrogen-bond acceptors (Lipinski definition) is 2. The summed E-state index contributed by atoms with van der Waals surface area (Å²) in [6, 6.07) is 9.49. The Balaban J connectivity index is 0.00000208. The molecule has 1 aromatic heterocycles. The molecule has 0 amide bonds. The molecule has 8 heteroatoms. The Hall–Kier alpha value is -2.05. The van der Waals surface area contributed by atoms with Crippen molar-refractivity contribution in [1.29, 1.82) is 0 Å². The smallest absolute Gasteiger partial charge is 0.268 e. The van der Waals surface area contributed by atoms with Crippen molar-refractivity contribution in [2.24, 2.45) is 0 Å². The van der Waals surface area contributed by atoms with Crippen molar-refractivity contribution in [2.75, 3.05) is 0 Å². The normalized spacial score (nSPS) is 11.4. The molecular formula is C16H11Cl2F3N2O. The number of alkyl halides is 3. The summed E-state index contributed by atoms with van der Waals surface area (Å²) in [5, 5.41) is 0.354. The number of benzene rings is 2. The molecule has 0 atom stereocenters. The maximum Gasteiger partial charge on any atom is 0.416 e. The lowest BCUT2D eigenvalue weighted by Gasteiger charge is -2.14. The number of para-hydroxylation sites is 1. The second kappa shape index (κ2) is 6.45. The number of fused-ring (bicyclic) bond motifs is 1. The van der Waals surface area contributed by atoms with E-state index >= 15 is 0 Å². The van der Waals surface area contributed by atoms with Crippen LogP contribution in [-0.4, -0.2) is 9.55 Å². The lowest BCUT2D eigenvalue weighted by Crippen LogP contribution is -2.23. The van der Waals surface area contributed by atoms with Gasteiger partial charge in [0.05, 0.1) is 27.2 Å². The molecule has 0 N–H and O–H groups in total. The van der Waals surface area contributed by atoms with Crippen LogP contribution < -0.4 is 5.56 Å². The van der Waals surface area contributed by atoms with Crippen molar-refractivity contribution in [1.82, 2.24) is 9.55 Å². The number of aromatic nitrogens is 2. The number of rotatable bonds is 1. The van der Waals surface area contributed by atoms with E-state index in [2.05, 4.69) is 4.98 Å². The van der Waals surface area contributed by atoms with Gasteiger partial charge in [-0.15, -0.1) is 12.4 Å². The minimum atomic E-state index is -4.53. The van der Waals surface area contributed by atoms with Gasteiger partial charge in [0.1, 0.15) is 5.82 Å². The minimum Gasteiger partial charge on any atom is -0.268 e. The summed E-state index contributed by atoms with van der Waals surface area (Å²) in [5.74, 6) is 0.259. The SMILES string of the molecule is Cc1nc2ccccc2c(=O)n1-c1cc(C(F)(F)F)ccc1Cl.Cl. The van der Waals surface area contributed by atoms with Gasteiger partial charge in [-0.3, -0.25) is 9.36 Å². The van der Waals surface area contributed by atoms with E-state index in [-0.39, 0.29) is 28.9 Å². The van der Waals surface area contributed by atoms with Crippen LogP contribution in [-0.2, 0) is 6.18 Å². The van der Waals surface area contributed by atoms with Crippen LogP contribution in [0.2, 0.25) is 5.02 Å². The lowest BCUT2D eigenvalue weighted by molar-refractivity contribution is -0.137. The quantitative estimate of drug-likeness (QED) is 0.613. The zero-order valence-electron chi connectivity index (χ0n) is 12.3. The summed E-state index contributed by atoms with van der Waals surface area (Å²) in [4.78, 5) is 16.9. The van der Waals surface area contributed by atoms with E-state index in [4.69, 9.17) is 11.6 Å². The molecular weight excluding hydrogens is 364 g/mol. The largest absolute Gasteiger partial charge is 0.416 e. The molecule has 126 valence electrons. The van der Waals surface area contributed by atoms with Crippen LogP contribution in [0.5, 0.6) is 0 Å². The van der Waals surface area contributed by atoms with Crippen molar-refractivity contribution >= 4 is 34.9 Å². The average Bonchev–Trinajstić information content (AvgIpc) is 2.48. The van der Waals surface area contributed by atoms with Gasteiger partial charge in [-0.1, -0.05) is 23.7 Å². The summed E-state index contributed by atoms with van der Waals surface area (Å²) in [6.45, 7) is 1.55. The Labute approximate surface area is 146 Å². The van der Waals surface area contributed by atoms with Gasteiger partial charge >= 0.3 is 6.18 Å². The first kappa shape index (κ1) is 18.3. The van der Waals surface area contributed by atoms with Crippen molar-refractivity contribution in [3.8, 4) is 5.69 Å². The van der Waals surface area contributed by atoms with E-state index in [1.165, 1.54) is 0 Å². The fraction of sp³-hybridized carbons (Fsp3) is 0.125. The molecule has 1 heterocycles. The topological polar surface area (TPSA) is 34.9 Å². The van der Waals surface area contributed by atoms with Crippen molar-refractivity contribution < 1.29 is 13.2 Å². The van der Waals surface area contributed by atoms with Crippen LogP contribution in [0.15, 0.2) is 47.3 Å². The Kier molecular flexibility index (Phi) is 4.92. The third-order valence-corrected chi connectivity index (χ3v) is 3.78. The maximum atomic E-state index is 12.9. The van der Waals surface area contributed by atoms with Gasteiger partial charge in [0, 0.05) is 0 Å². The summed E-state index contributed by atoms with van der Waals surface area (Å²) >= 11 is 6.02. The van der Waals surface area contributed by atoms with Gasteiger partial charge < -0.3 is 0 Å². The fourth-order valence-electron chi connectivity index (χ4n) is 2.39. The molecule has 3 aromatic rings. The Bertz CT molecular complexity index is 968. The molecule has 0 saturated carbocycles. The van der Waals surface area contributed by atoms with Gasteiger partial charge in [-0.2, -0.15) is 13.2 Å². The predicted molar refractivity (Wildman–Crippen MR) is 89.3 cm³/mol. The highest BCUT2D eigenvalue weighted by Crippen LogP contribution is 2.33. The monoisotopic (exact) mass is 374 g/mol. The summed E-state index contributed by atoms with van der Waals surface area (Å²) in [7, 11) is 0. The van der Waals surface area contributed by atoms with Crippen LogP contribution in [0.4, 0.5) is 13.2 Å². The van der Waals surface area contributed by atoms with E-state index in [1.54, 1.807) is 31.2 Å². The van der Waals surface area contributed by atoms with E-state index in [1.807, 2.05) is 0 Å². The Morgan fingerprint density at radius 3 is 2.46 bits per heavy atom. The first-order chi connectivity index (χ1) is 10.8. The Morgan fingerprint density at radius 2 is 1.79 bits per heavy atom. The molecule has 0 unspecified atom stereocenters. The Morgan fingerprint density at radius 1 is 1.12 bits per heavy atom. The van der Waals surface area contributed by atoms with Gasteiger partial charge in [-0.05, 0) is 37.3 Å². The molecule has 0 bridgehead atoms. The fourth-order valence-corrected chi connectivity index (χ4v) is 2.59. The van der Waals surface area contributed by atoms with Gasteiger partial charge in [0.2, 0.25) is 0 Å². The number of aryl methyl sites for hydroxylation is 1. The van der Waals surface area contributed by atoms with E-state index < -0.39 is 17.3 Å². The summed E-state index contributed by atoms with van der Waals surface area (Å²) < 4.78 is 39.9. The highest BCUT2D eigenvalue weighted by atomic mass is 35.5. The zero-order chi connectivity index (χ0) is 16.8. The second-order valence-corrected chi connectivity index (χ2v) is 5.39. The molecule has 24 heavy (non-hydrogen) atoms. The van der Waals surface area contributed by atoms with Crippen molar-refractivity contribution in [3.63, 3.8) is 0 Å². The van der Waals surface area contributed by atoms with Crippen LogP contribution in [0, 0.1) is 6.92 Å². The van der Waals surface area contributed by atoms with E-state index in [0.29, 0.717) is 10.9 Å². The molecule has 3 nitrogen and oxygen atoms in total. The average molecular weight is 375 g/mol. The van der Waals surface area contributed by atoms with Crippen molar-refractivity contribution in [2.45, 2.75) is 13.1 Å². The maximum absolute atomic E-state index is 12.9. The standard InChI is InChI=1S/C16H10ClF3N2O.ClH/c1-9-21-13-5-3-2-4-11(13)15(23)22(9)14-8-10(16(18,19)20)6-7-12(14)17;/h2-8H,1H3;1H. The van der Waals surface area contributed by atoms with Crippen LogP contribution >= 0.6 is 24.0 Å². The first-order valence-electron chi connectivity index (χ1n) is 6.64. The molecule has 0 radical (unpaired) electrons. The first-order valence-corrected chi connectivity index (χ1v) is 7.02. The van der Waals surface area contributed by atoms with Crippen LogP contribution in [0.3, 0.4) is 0 Å². The number of hydrogen-bond donors (Lipinski definition) is 0. The van der Waals surface area contributed by atoms with E-state index in [9.17, 15) is 18.0 Å². The molecule has 0 aliphatic heterocycles. The predicted octanol–water partition coefficient (Wildman–Crippen LogP) is 4.79. The van der Waals surface area contributed by atoms with Gasteiger partial charge in [0.15, 0.2) is 0 Å². The van der Waals surface area contributed by atoms with Crippen LogP contribution in [0.1, 0.15) is 11.4 Å². The highest BCUT2D eigenvalue weighted by Gasteiger charge is 2.31. The van der Waals surface area contributed by atoms with Crippen molar-refractivity contribution in [3.05, 3.63) is 69.2 Å². The molecule has 0 spiro atoms. The highest BCUT2D eigenvalue weighted by molar-refractivity contribution is 6.32. The van der Waals surface area contributed by atoms with Gasteiger partial charge in [0.25, 0.3) is 5.56 Å². The third-order valence-electron chi connectivity index (χ3n) is 3.46. The number of halogens is 5. The molecule has 2 aromatic carbocycles. The second-order valence-electron chi connectivity index (χ2n) is 4.98. The summed E-state index contributed by atoms with van der Waals surface area (Å²) in [6.07, 6.45) is -4.53. The molecule has 0 saturated heterocycles. The molecule has 0 aliphatic carbocycles. The lowest BCUT2D eigenvalue weighted by atomic mass is 10.1. The van der Waals surface area contributed by atoms with E-state index in [0.717, 1.165) is 22.8 Å². The van der Waals surface area contributed by atoms with Gasteiger partial charge in [-0.25, -0.2) is 4.98 Å². The minimum absolute atomic E-state index is 0. The summed E-state index contributed by atoms with van der Waals surface area (Å²) in [5.41, 5.74) is -0.901. The van der Waals surface area contributed by atoms with Crippen LogP contribution in [0.25, 0.3) is 16.6 Å². The molecule has 3 rings (SSSR count). The molecule has 0 fully saturated rings. The third kappa shape index (κ3) is 3.12.